The highest BCUT2D eigenvalue weighted by molar-refractivity contribution is 7.10. The van der Waals surface area contributed by atoms with E-state index in [1.807, 2.05) is 6.07 Å². The molecule has 2 rings (SSSR count). The number of nitrogens with zero attached hydrogens (tertiary/aromatic N) is 2. The molecular formula is C11H13N3O2S. The number of aromatic nitrogens is 1. The van der Waals surface area contributed by atoms with E-state index in [0.29, 0.717) is 29.3 Å². The number of amides is 1. The standard InChI is InChI=1S/C11H13N3O2S/c1-7-8(6-12)9(17-14-7)13-10(15)11(2)4-3-5-16-11/h3-5H2,1-2H3,(H,13,15)/t11-/m0/s1. The Morgan fingerprint density at radius 1 is 1.71 bits per heavy atom. The number of hydrogen-bond acceptors (Lipinski definition) is 5. The number of carbonyl (C=O) groups is 1. The minimum absolute atomic E-state index is 0.199. The van der Waals surface area contributed by atoms with Crippen molar-refractivity contribution in [3.8, 4) is 6.07 Å². The number of nitrogens with one attached hydrogen (secondary N) is 1. The lowest BCUT2D eigenvalue weighted by atomic mass is 10.0. The lowest BCUT2D eigenvalue weighted by molar-refractivity contribution is -0.133. The van der Waals surface area contributed by atoms with Crippen LogP contribution in [0, 0.1) is 18.3 Å². The zero-order valence-electron chi connectivity index (χ0n) is 9.74. The van der Waals surface area contributed by atoms with Crippen LogP contribution in [0.2, 0.25) is 0 Å². The molecule has 1 fully saturated rings. The van der Waals surface area contributed by atoms with Crippen LogP contribution in [0.15, 0.2) is 0 Å². The van der Waals surface area contributed by atoms with Crippen molar-refractivity contribution < 1.29 is 9.53 Å². The molecule has 1 aromatic heterocycles. The van der Waals surface area contributed by atoms with Crippen molar-refractivity contribution in [1.82, 2.24) is 4.37 Å². The third kappa shape index (κ3) is 2.16. The third-order valence-corrected chi connectivity index (χ3v) is 3.75. The average Bonchev–Trinajstić information content (AvgIpc) is 2.87. The molecule has 0 aliphatic carbocycles. The highest BCUT2D eigenvalue weighted by atomic mass is 32.1. The summed E-state index contributed by atoms with van der Waals surface area (Å²) in [5.74, 6) is -0.199. The molecule has 90 valence electrons. The van der Waals surface area contributed by atoms with Gasteiger partial charge in [0.1, 0.15) is 22.2 Å². The van der Waals surface area contributed by atoms with Crippen molar-refractivity contribution in [3.05, 3.63) is 11.3 Å². The van der Waals surface area contributed by atoms with E-state index in [1.54, 1.807) is 13.8 Å². The van der Waals surface area contributed by atoms with Gasteiger partial charge in [0.15, 0.2) is 0 Å². The summed E-state index contributed by atoms with van der Waals surface area (Å²) in [6.07, 6.45) is 1.59. The van der Waals surface area contributed by atoms with Crippen molar-refractivity contribution in [2.24, 2.45) is 0 Å². The first-order valence-electron chi connectivity index (χ1n) is 5.38. The SMILES string of the molecule is Cc1nsc(NC(=O)[C@]2(C)CCCO2)c1C#N. The Labute approximate surface area is 104 Å². The van der Waals surface area contributed by atoms with Crippen LogP contribution in [-0.2, 0) is 9.53 Å². The Hall–Kier alpha value is -1.45. The molecule has 0 aromatic carbocycles. The van der Waals surface area contributed by atoms with Crippen LogP contribution in [0.3, 0.4) is 0 Å². The number of nitriles is 1. The van der Waals surface area contributed by atoms with Crippen molar-refractivity contribution in [2.45, 2.75) is 32.3 Å². The van der Waals surface area contributed by atoms with Crippen LogP contribution in [0.25, 0.3) is 0 Å². The van der Waals surface area contributed by atoms with Gasteiger partial charge in [-0.15, -0.1) is 0 Å². The van der Waals surface area contributed by atoms with Gasteiger partial charge in [-0.05, 0) is 38.2 Å². The number of hydrogen-bond donors (Lipinski definition) is 1. The molecule has 5 nitrogen and oxygen atoms in total. The van der Waals surface area contributed by atoms with Crippen LogP contribution in [0.4, 0.5) is 5.00 Å². The van der Waals surface area contributed by atoms with Crippen molar-refractivity contribution in [2.75, 3.05) is 11.9 Å². The van der Waals surface area contributed by atoms with Gasteiger partial charge in [0, 0.05) is 6.61 Å². The second kappa shape index (κ2) is 4.43. The molecule has 0 radical (unpaired) electrons. The number of anilines is 1. The zero-order valence-corrected chi connectivity index (χ0v) is 10.6. The van der Waals surface area contributed by atoms with Crippen LogP contribution in [-0.4, -0.2) is 22.5 Å². The van der Waals surface area contributed by atoms with Crippen LogP contribution < -0.4 is 5.32 Å². The first kappa shape index (κ1) is 12.0. The van der Waals surface area contributed by atoms with Gasteiger partial charge < -0.3 is 10.1 Å². The van der Waals surface area contributed by atoms with Crippen LogP contribution in [0.5, 0.6) is 0 Å². The molecule has 0 unspecified atom stereocenters. The van der Waals surface area contributed by atoms with Crippen molar-refractivity contribution in [1.29, 1.82) is 5.26 Å². The Morgan fingerprint density at radius 3 is 3.06 bits per heavy atom. The van der Waals surface area contributed by atoms with Gasteiger partial charge in [-0.25, -0.2) is 0 Å². The first-order chi connectivity index (χ1) is 8.07. The Kier molecular flexibility index (Phi) is 3.13. The zero-order chi connectivity index (χ0) is 12.5. The molecule has 1 N–H and O–H groups in total. The van der Waals surface area contributed by atoms with E-state index in [9.17, 15) is 4.79 Å². The van der Waals surface area contributed by atoms with Gasteiger partial charge in [0.25, 0.3) is 5.91 Å². The van der Waals surface area contributed by atoms with Crippen LogP contribution >= 0.6 is 11.5 Å². The van der Waals surface area contributed by atoms with Crippen molar-refractivity contribution >= 4 is 22.4 Å². The number of aryl methyl sites for hydroxylation is 1. The van der Waals surface area contributed by atoms with Gasteiger partial charge in [0.2, 0.25) is 0 Å². The third-order valence-electron chi connectivity index (χ3n) is 2.90. The first-order valence-corrected chi connectivity index (χ1v) is 6.16. The Balaban J connectivity index is 2.16. The van der Waals surface area contributed by atoms with E-state index < -0.39 is 5.60 Å². The fourth-order valence-electron chi connectivity index (χ4n) is 1.78. The maximum Gasteiger partial charge on any atom is 0.257 e. The molecule has 1 saturated heterocycles. The van der Waals surface area contributed by atoms with Crippen molar-refractivity contribution in [3.63, 3.8) is 0 Å². The average molecular weight is 251 g/mol. The molecule has 0 bridgehead atoms. The molecule has 0 saturated carbocycles. The summed E-state index contributed by atoms with van der Waals surface area (Å²) in [5.41, 5.74) is 0.306. The molecule has 6 heteroatoms. The highest BCUT2D eigenvalue weighted by Crippen LogP contribution is 2.29. The lowest BCUT2D eigenvalue weighted by Gasteiger charge is -2.21. The molecule has 1 aliphatic heterocycles. The summed E-state index contributed by atoms with van der Waals surface area (Å²) in [6, 6.07) is 2.04. The van der Waals surface area contributed by atoms with Gasteiger partial charge >= 0.3 is 0 Å². The molecule has 1 aliphatic rings. The molecule has 1 atom stereocenters. The summed E-state index contributed by atoms with van der Waals surface area (Å²) in [7, 11) is 0. The van der Waals surface area contributed by atoms with Gasteiger partial charge in [-0.2, -0.15) is 9.64 Å². The fourth-order valence-corrected chi connectivity index (χ4v) is 2.52. The predicted molar refractivity (Wildman–Crippen MR) is 63.8 cm³/mol. The van der Waals surface area contributed by atoms with E-state index >= 15 is 0 Å². The smallest absolute Gasteiger partial charge is 0.257 e. The van der Waals surface area contributed by atoms with Gasteiger partial charge in [-0.1, -0.05) is 0 Å². The molecular weight excluding hydrogens is 238 g/mol. The topological polar surface area (TPSA) is 75.0 Å². The monoisotopic (exact) mass is 251 g/mol. The maximum absolute atomic E-state index is 12.0. The number of ether oxygens (including phenoxy) is 1. The molecule has 2 heterocycles. The van der Waals surface area contributed by atoms with Gasteiger partial charge in [0.05, 0.1) is 5.69 Å². The van der Waals surface area contributed by atoms with E-state index in [-0.39, 0.29) is 5.91 Å². The number of rotatable bonds is 2. The molecule has 1 aromatic rings. The predicted octanol–water partition coefficient (Wildman–Crippen LogP) is 1.83. The summed E-state index contributed by atoms with van der Waals surface area (Å²) < 4.78 is 9.50. The number of carbonyl (C=O) groups excluding carboxylic acids is 1. The quantitative estimate of drug-likeness (QED) is 0.870. The summed E-state index contributed by atoms with van der Waals surface area (Å²) >= 11 is 1.13. The van der Waals surface area contributed by atoms with E-state index in [4.69, 9.17) is 10.00 Å². The normalized spacial score (nSPS) is 23.4. The molecule has 17 heavy (non-hydrogen) atoms. The lowest BCUT2D eigenvalue weighted by Crippen LogP contribution is -2.39. The Bertz CT molecular complexity index is 483. The van der Waals surface area contributed by atoms with E-state index in [1.165, 1.54) is 0 Å². The fraction of sp³-hybridized carbons (Fsp3) is 0.545. The summed E-state index contributed by atoms with van der Waals surface area (Å²) in [4.78, 5) is 12.0. The highest BCUT2D eigenvalue weighted by Gasteiger charge is 2.38. The molecule has 1 amide bonds. The minimum Gasteiger partial charge on any atom is -0.365 e. The van der Waals surface area contributed by atoms with E-state index in [0.717, 1.165) is 18.0 Å². The van der Waals surface area contributed by atoms with Crippen LogP contribution in [0.1, 0.15) is 31.0 Å². The summed E-state index contributed by atoms with van der Waals surface area (Å²) in [5, 5.41) is 12.2. The molecule has 0 spiro atoms. The second-order valence-electron chi connectivity index (χ2n) is 4.22. The summed E-state index contributed by atoms with van der Waals surface area (Å²) in [6.45, 7) is 4.13. The second-order valence-corrected chi connectivity index (χ2v) is 4.99. The minimum atomic E-state index is -0.773. The van der Waals surface area contributed by atoms with E-state index in [2.05, 4.69) is 9.69 Å². The largest absolute Gasteiger partial charge is 0.365 e. The maximum atomic E-state index is 12.0. The Morgan fingerprint density at radius 2 is 2.47 bits per heavy atom. The van der Waals surface area contributed by atoms with Gasteiger partial charge in [-0.3, -0.25) is 4.79 Å².